The summed E-state index contributed by atoms with van der Waals surface area (Å²) in [5.41, 5.74) is 5.48. The maximum atomic E-state index is 11.9. The van der Waals surface area contributed by atoms with Gasteiger partial charge in [0.05, 0.1) is 6.61 Å². The van der Waals surface area contributed by atoms with E-state index in [0.717, 1.165) is 31.7 Å². The molecule has 0 aromatic rings. The zero-order chi connectivity index (χ0) is 13.2. The maximum Gasteiger partial charge on any atom is 0.326 e. The van der Waals surface area contributed by atoms with E-state index in [9.17, 15) is 4.79 Å². The van der Waals surface area contributed by atoms with E-state index in [0.29, 0.717) is 12.6 Å². The molecule has 0 aromatic heterocycles. The quantitative estimate of drug-likeness (QED) is 0.730. The summed E-state index contributed by atoms with van der Waals surface area (Å²) in [5, 5.41) is 0. The van der Waals surface area contributed by atoms with Crippen molar-refractivity contribution in [2.45, 2.75) is 57.5 Å². The van der Waals surface area contributed by atoms with Gasteiger partial charge in [-0.15, -0.1) is 0 Å². The smallest absolute Gasteiger partial charge is 0.326 e. The molecular formula is C14H26N2O2. The van der Waals surface area contributed by atoms with Crippen LogP contribution in [-0.4, -0.2) is 42.1 Å². The Morgan fingerprint density at radius 1 is 1.39 bits per heavy atom. The number of carbonyl (C=O) groups is 1. The third-order valence-electron chi connectivity index (χ3n) is 4.32. The Bertz CT molecular complexity index is 304. The molecule has 0 radical (unpaired) electrons. The molecular weight excluding hydrogens is 228 g/mol. The monoisotopic (exact) mass is 254 g/mol. The summed E-state index contributed by atoms with van der Waals surface area (Å²) in [7, 11) is 0. The molecule has 0 bridgehead atoms. The van der Waals surface area contributed by atoms with Gasteiger partial charge in [-0.25, -0.2) is 0 Å². The van der Waals surface area contributed by atoms with Gasteiger partial charge in [-0.3, -0.25) is 4.79 Å². The van der Waals surface area contributed by atoms with E-state index < -0.39 is 5.54 Å². The van der Waals surface area contributed by atoms with Crippen molar-refractivity contribution < 1.29 is 9.53 Å². The first-order chi connectivity index (χ1) is 8.59. The Balaban J connectivity index is 1.90. The standard InChI is InChI=1S/C14H26N2O2/c1-3-16(10-11-5-6-11)12-7-8-14(15,9-12)13(17)18-4-2/h11-12H,3-10,15H2,1-2H3. The minimum atomic E-state index is -0.738. The fourth-order valence-electron chi connectivity index (χ4n) is 2.99. The molecule has 0 heterocycles. The van der Waals surface area contributed by atoms with Crippen LogP contribution in [0.15, 0.2) is 0 Å². The summed E-state index contributed by atoms with van der Waals surface area (Å²) >= 11 is 0. The van der Waals surface area contributed by atoms with Crippen molar-refractivity contribution >= 4 is 5.97 Å². The third-order valence-corrected chi connectivity index (χ3v) is 4.32. The van der Waals surface area contributed by atoms with Crippen LogP contribution in [0.2, 0.25) is 0 Å². The second-order valence-corrected chi connectivity index (χ2v) is 5.80. The number of nitrogens with zero attached hydrogens (tertiary/aromatic N) is 1. The highest BCUT2D eigenvalue weighted by Crippen LogP contribution is 2.36. The number of ether oxygens (including phenoxy) is 1. The molecule has 2 N–H and O–H groups in total. The van der Waals surface area contributed by atoms with E-state index in [4.69, 9.17) is 10.5 Å². The minimum absolute atomic E-state index is 0.213. The van der Waals surface area contributed by atoms with Crippen LogP contribution >= 0.6 is 0 Å². The van der Waals surface area contributed by atoms with Crippen LogP contribution in [0.1, 0.15) is 46.0 Å². The number of hydrogen-bond donors (Lipinski definition) is 1. The molecule has 0 amide bonds. The van der Waals surface area contributed by atoms with Gasteiger partial charge in [0.15, 0.2) is 0 Å². The number of hydrogen-bond acceptors (Lipinski definition) is 4. The molecule has 2 atom stereocenters. The van der Waals surface area contributed by atoms with E-state index in [1.54, 1.807) is 0 Å². The average molecular weight is 254 g/mol. The van der Waals surface area contributed by atoms with Crippen LogP contribution < -0.4 is 5.73 Å². The first kappa shape index (κ1) is 13.8. The lowest BCUT2D eigenvalue weighted by atomic mass is 9.99. The molecule has 0 aliphatic heterocycles. The molecule has 4 heteroatoms. The van der Waals surface area contributed by atoms with Crippen molar-refractivity contribution in [3.8, 4) is 0 Å². The zero-order valence-corrected chi connectivity index (χ0v) is 11.7. The normalized spacial score (nSPS) is 31.9. The van der Waals surface area contributed by atoms with Crippen molar-refractivity contribution in [3.63, 3.8) is 0 Å². The zero-order valence-electron chi connectivity index (χ0n) is 11.7. The van der Waals surface area contributed by atoms with Gasteiger partial charge in [-0.05, 0) is 51.5 Å². The van der Waals surface area contributed by atoms with Gasteiger partial charge >= 0.3 is 5.97 Å². The fraction of sp³-hybridized carbons (Fsp3) is 0.929. The van der Waals surface area contributed by atoms with Crippen LogP contribution in [0.3, 0.4) is 0 Å². The highest BCUT2D eigenvalue weighted by molar-refractivity contribution is 5.81. The molecule has 0 saturated heterocycles. The molecule has 2 aliphatic rings. The van der Waals surface area contributed by atoms with Gasteiger partial charge in [0.1, 0.15) is 5.54 Å². The van der Waals surface area contributed by atoms with Crippen molar-refractivity contribution in [1.82, 2.24) is 4.90 Å². The van der Waals surface area contributed by atoms with Crippen molar-refractivity contribution in [2.75, 3.05) is 19.7 Å². The molecule has 4 nitrogen and oxygen atoms in total. The molecule has 104 valence electrons. The molecule has 2 saturated carbocycles. The lowest BCUT2D eigenvalue weighted by molar-refractivity contribution is -0.149. The van der Waals surface area contributed by atoms with Gasteiger partial charge in [-0.2, -0.15) is 0 Å². The van der Waals surface area contributed by atoms with E-state index >= 15 is 0 Å². The molecule has 2 unspecified atom stereocenters. The number of carbonyl (C=O) groups excluding carboxylic acids is 1. The van der Waals surface area contributed by atoms with E-state index in [1.165, 1.54) is 19.4 Å². The highest BCUT2D eigenvalue weighted by atomic mass is 16.5. The fourth-order valence-corrected chi connectivity index (χ4v) is 2.99. The predicted octanol–water partition coefficient (Wildman–Crippen LogP) is 1.53. The van der Waals surface area contributed by atoms with E-state index in [2.05, 4.69) is 11.8 Å². The molecule has 2 rings (SSSR count). The van der Waals surface area contributed by atoms with Gasteiger partial charge in [0, 0.05) is 12.6 Å². The number of esters is 1. The molecule has 2 fully saturated rings. The topological polar surface area (TPSA) is 55.6 Å². The summed E-state index contributed by atoms with van der Waals surface area (Å²) in [6.45, 7) is 6.69. The van der Waals surface area contributed by atoms with Crippen molar-refractivity contribution in [1.29, 1.82) is 0 Å². The predicted molar refractivity (Wildman–Crippen MR) is 71.2 cm³/mol. The highest BCUT2D eigenvalue weighted by Gasteiger charge is 2.45. The van der Waals surface area contributed by atoms with Crippen LogP contribution in [0.5, 0.6) is 0 Å². The molecule has 0 spiro atoms. The maximum absolute atomic E-state index is 11.9. The summed E-state index contributed by atoms with van der Waals surface area (Å²) < 4.78 is 5.10. The average Bonchev–Trinajstić information content (AvgIpc) is 3.08. The summed E-state index contributed by atoms with van der Waals surface area (Å²) in [6.07, 6.45) is 5.28. The van der Waals surface area contributed by atoms with Crippen LogP contribution in [0.25, 0.3) is 0 Å². The summed E-state index contributed by atoms with van der Waals surface area (Å²) in [5.74, 6) is 0.676. The van der Waals surface area contributed by atoms with Crippen LogP contribution in [-0.2, 0) is 9.53 Å². The molecule has 2 aliphatic carbocycles. The van der Waals surface area contributed by atoms with Gasteiger partial charge < -0.3 is 15.4 Å². The van der Waals surface area contributed by atoms with Crippen molar-refractivity contribution in [3.05, 3.63) is 0 Å². The molecule has 18 heavy (non-hydrogen) atoms. The first-order valence-corrected chi connectivity index (χ1v) is 7.29. The Morgan fingerprint density at radius 2 is 2.11 bits per heavy atom. The largest absolute Gasteiger partial charge is 0.465 e. The van der Waals surface area contributed by atoms with Crippen molar-refractivity contribution in [2.24, 2.45) is 11.7 Å². The van der Waals surface area contributed by atoms with Gasteiger partial charge in [0.2, 0.25) is 0 Å². The Hall–Kier alpha value is -0.610. The number of nitrogens with two attached hydrogens (primary N) is 1. The third kappa shape index (κ3) is 3.04. The second-order valence-electron chi connectivity index (χ2n) is 5.80. The summed E-state index contributed by atoms with van der Waals surface area (Å²) in [6, 6.07) is 0.463. The van der Waals surface area contributed by atoms with Crippen LogP contribution in [0, 0.1) is 5.92 Å². The number of rotatable bonds is 6. The Morgan fingerprint density at radius 3 is 2.67 bits per heavy atom. The van der Waals surface area contributed by atoms with Gasteiger partial charge in [-0.1, -0.05) is 6.92 Å². The second kappa shape index (κ2) is 5.57. The SMILES string of the molecule is CCOC(=O)C1(N)CCC(N(CC)CC2CC2)C1. The lowest BCUT2D eigenvalue weighted by Gasteiger charge is -2.29. The van der Waals surface area contributed by atoms with Crippen LogP contribution in [0.4, 0.5) is 0 Å². The Kier molecular flexibility index (Phi) is 4.28. The van der Waals surface area contributed by atoms with E-state index in [1.807, 2.05) is 6.92 Å². The first-order valence-electron chi connectivity index (χ1n) is 7.29. The van der Waals surface area contributed by atoms with Gasteiger partial charge in [0.25, 0.3) is 0 Å². The summed E-state index contributed by atoms with van der Waals surface area (Å²) in [4.78, 5) is 14.4. The van der Waals surface area contributed by atoms with E-state index in [-0.39, 0.29) is 5.97 Å². The lowest BCUT2D eigenvalue weighted by Crippen LogP contribution is -2.48. The minimum Gasteiger partial charge on any atom is -0.465 e. The Labute approximate surface area is 110 Å². The molecule has 0 aromatic carbocycles.